The quantitative estimate of drug-likeness (QED) is 0.0862. The topological polar surface area (TPSA) is 23.8 Å². The van der Waals surface area contributed by atoms with Crippen LogP contribution in [0.1, 0.15) is 213 Å². The Hall–Kier alpha value is -0.510. The van der Waals surface area contributed by atoms with E-state index in [4.69, 9.17) is 5.26 Å². The van der Waals surface area contributed by atoms with Crippen molar-refractivity contribution in [3.8, 4) is 6.07 Å². The minimum atomic E-state index is 0.749. The first-order valence-corrected chi connectivity index (χ1v) is 17.2. The Morgan fingerprint density at radius 2 is 0.639 bits per heavy atom. The summed E-state index contributed by atoms with van der Waals surface area (Å²) in [6, 6.07) is 2.24. The molecule has 1 nitrogen and oxygen atoms in total. The van der Waals surface area contributed by atoms with Crippen LogP contribution in [-0.2, 0) is 0 Å². The van der Waals surface area contributed by atoms with Gasteiger partial charge in [0.25, 0.3) is 0 Å². The van der Waals surface area contributed by atoms with Crippen molar-refractivity contribution < 1.29 is 0 Å². The number of hydrogen-bond acceptors (Lipinski definition) is 1. The summed E-state index contributed by atoms with van der Waals surface area (Å²) in [5.74, 6) is 0.959. The lowest BCUT2D eigenvalue weighted by Gasteiger charge is -2.11. The Kier molecular flexibility index (Phi) is 32.1. The summed E-state index contributed by atoms with van der Waals surface area (Å²) in [7, 11) is 0. The molecule has 0 aliphatic heterocycles. The van der Waals surface area contributed by atoms with Crippen LogP contribution in [0, 0.1) is 17.2 Å². The fraction of sp³-hybridized carbons (Fsp3) is 0.971. The molecule has 0 spiro atoms. The van der Waals surface area contributed by atoms with Crippen molar-refractivity contribution in [1.82, 2.24) is 0 Å². The van der Waals surface area contributed by atoms with Gasteiger partial charge in [-0.15, -0.1) is 0 Å². The first-order valence-electron chi connectivity index (χ1n) is 17.2. The van der Waals surface area contributed by atoms with E-state index in [1.807, 2.05) is 0 Å². The van der Waals surface area contributed by atoms with E-state index >= 15 is 0 Å². The van der Waals surface area contributed by atoms with Gasteiger partial charge in [0.15, 0.2) is 0 Å². The zero-order chi connectivity index (χ0) is 26.2. The minimum Gasteiger partial charge on any atom is -0.198 e. The van der Waals surface area contributed by atoms with Gasteiger partial charge in [0.05, 0.1) is 6.07 Å². The van der Waals surface area contributed by atoms with Crippen LogP contribution in [0.5, 0.6) is 0 Å². The van der Waals surface area contributed by atoms with E-state index in [0.717, 1.165) is 18.8 Å². The lowest BCUT2D eigenvalue weighted by molar-refractivity contribution is 0.430. The highest BCUT2D eigenvalue weighted by molar-refractivity contribution is 4.67. The minimum absolute atomic E-state index is 0.749. The number of hydrogen-bond donors (Lipinski definition) is 0. The summed E-state index contributed by atoms with van der Waals surface area (Å²) in [5.41, 5.74) is 0. The van der Waals surface area contributed by atoms with Crippen molar-refractivity contribution in [1.29, 1.82) is 5.26 Å². The molecule has 0 saturated carbocycles. The van der Waals surface area contributed by atoms with Gasteiger partial charge in [-0.05, 0) is 12.3 Å². The summed E-state index contributed by atoms with van der Waals surface area (Å²) < 4.78 is 0. The largest absolute Gasteiger partial charge is 0.198 e. The lowest BCUT2D eigenvalue weighted by atomic mass is 9.95. The smallest absolute Gasteiger partial charge is 0.0621 e. The molecule has 0 aliphatic rings. The molecule has 0 bridgehead atoms. The average Bonchev–Trinajstić information content (AvgIpc) is 2.88. The number of nitriles is 1. The van der Waals surface area contributed by atoms with E-state index in [0.29, 0.717) is 0 Å². The normalized spacial score (nSPS) is 12.1. The van der Waals surface area contributed by atoms with Crippen molar-refractivity contribution in [3.63, 3.8) is 0 Å². The van der Waals surface area contributed by atoms with E-state index < -0.39 is 0 Å². The van der Waals surface area contributed by atoms with E-state index in [1.54, 1.807) is 0 Å². The molecule has 0 radical (unpaired) electrons. The second kappa shape index (κ2) is 32.5. The van der Waals surface area contributed by atoms with Crippen LogP contribution < -0.4 is 0 Å². The van der Waals surface area contributed by atoms with Gasteiger partial charge in [0, 0.05) is 6.42 Å². The Labute approximate surface area is 230 Å². The maximum atomic E-state index is 8.53. The van der Waals surface area contributed by atoms with Gasteiger partial charge in [0.1, 0.15) is 0 Å². The van der Waals surface area contributed by atoms with Gasteiger partial charge in [0.2, 0.25) is 0 Å². The van der Waals surface area contributed by atoms with Crippen molar-refractivity contribution in [2.45, 2.75) is 213 Å². The molecule has 0 saturated heterocycles. The molecule has 0 amide bonds. The summed E-state index contributed by atoms with van der Waals surface area (Å²) >= 11 is 0. The predicted molar refractivity (Wildman–Crippen MR) is 164 cm³/mol. The average molecular weight is 504 g/mol. The van der Waals surface area contributed by atoms with Crippen LogP contribution in [0.15, 0.2) is 0 Å². The van der Waals surface area contributed by atoms with Crippen LogP contribution in [-0.4, -0.2) is 0 Å². The molecule has 36 heavy (non-hydrogen) atoms. The van der Waals surface area contributed by atoms with Gasteiger partial charge in [-0.3, -0.25) is 0 Å². The Morgan fingerprint density at radius 3 is 0.917 bits per heavy atom. The molecular formula is C35H69N. The molecule has 0 N–H and O–H groups in total. The number of rotatable bonds is 31. The van der Waals surface area contributed by atoms with Crippen molar-refractivity contribution >= 4 is 0 Å². The molecule has 1 atom stereocenters. The summed E-state index contributed by atoms with van der Waals surface area (Å²) in [5, 5.41) is 8.53. The van der Waals surface area contributed by atoms with Gasteiger partial charge < -0.3 is 0 Å². The second-order valence-electron chi connectivity index (χ2n) is 12.1. The molecule has 0 fully saturated rings. The maximum Gasteiger partial charge on any atom is 0.0621 e. The summed E-state index contributed by atoms with van der Waals surface area (Å²) in [6.45, 7) is 4.80. The van der Waals surface area contributed by atoms with Gasteiger partial charge >= 0.3 is 0 Å². The zero-order valence-electron chi connectivity index (χ0n) is 25.4. The summed E-state index contributed by atoms with van der Waals surface area (Å²) in [6.07, 6.45) is 43.8. The van der Waals surface area contributed by atoms with Gasteiger partial charge in [-0.25, -0.2) is 0 Å². The third-order valence-corrected chi connectivity index (χ3v) is 8.29. The third-order valence-electron chi connectivity index (χ3n) is 8.29. The molecule has 214 valence electrons. The molecule has 1 unspecified atom stereocenters. The highest BCUT2D eigenvalue weighted by atomic mass is 14.2. The van der Waals surface area contributed by atoms with E-state index in [9.17, 15) is 0 Å². The molecule has 1 heteroatoms. The molecule has 0 rings (SSSR count). The first kappa shape index (κ1) is 35.5. The number of unbranched alkanes of at least 4 members (excludes halogenated alkanes) is 27. The van der Waals surface area contributed by atoms with Crippen molar-refractivity contribution in [3.05, 3.63) is 0 Å². The molecule has 0 aromatic rings. The molecule has 0 aromatic carbocycles. The van der Waals surface area contributed by atoms with Gasteiger partial charge in [-0.2, -0.15) is 5.26 Å². The Balaban J connectivity index is 3.11. The van der Waals surface area contributed by atoms with Crippen molar-refractivity contribution in [2.75, 3.05) is 0 Å². The SMILES string of the molecule is CCCCCCCCCCCC(C)CCCCCCCCCCCCCCCCCCCCCC#N. The standard InChI is InChI=1S/C35H69N/c1-3-4-5-6-7-20-23-26-29-32-35(2)33-30-27-24-21-18-16-14-12-10-8-9-11-13-15-17-19-22-25-28-31-34-36/h35H,3-33H2,1-2H3. The van der Waals surface area contributed by atoms with E-state index in [2.05, 4.69) is 19.9 Å². The van der Waals surface area contributed by atoms with Crippen LogP contribution in [0.25, 0.3) is 0 Å². The van der Waals surface area contributed by atoms with Crippen LogP contribution >= 0.6 is 0 Å². The predicted octanol–water partition coefficient (Wildman–Crippen LogP) is 13.3. The third kappa shape index (κ3) is 31.5. The summed E-state index contributed by atoms with van der Waals surface area (Å²) in [4.78, 5) is 0. The lowest BCUT2D eigenvalue weighted by Crippen LogP contribution is -1.95. The van der Waals surface area contributed by atoms with Gasteiger partial charge in [-0.1, -0.05) is 200 Å². The molecular weight excluding hydrogens is 434 g/mol. The fourth-order valence-electron chi connectivity index (χ4n) is 5.65. The number of nitrogens with zero attached hydrogens (tertiary/aromatic N) is 1. The monoisotopic (exact) mass is 504 g/mol. The Bertz CT molecular complexity index is 423. The highest BCUT2D eigenvalue weighted by Crippen LogP contribution is 2.19. The van der Waals surface area contributed by atoms with Crippen LogP contribution in [0.2, 0.25) is 0 Å². The molecule has 0 aliphatic carbocycles. The van der Waals surface area contributed by atoms with Crippen molar-refractivity contribution in [2.24, 2.45) is 5.92 Å². The van der Waals surface area contributed by atoms with Crippen LogP contribution in [0.3, 0.4) is 0 Å². The van der Waals surface area contributed by atoms with Crippen LogP contribution in [0.4, 0.5) is 0 Å². The Morgan fingerprint density at radius 1 is 0.389 bits per heavy atom. The second-order valence-corrected chi connectivity index (χ2v) is 12.1. The fourth-order valence-corrected chi connectivity index (χ4v) is 5.65. The van der Waals surface area contributed by atoms with E-state index in [-0.39, 0.29) is 0 Å². The zero-order valence-corrected chi connectivity index (χ0v) is 25.4. The highest BCUT2D eigenvalue weighted by Gasteiger charge is 2.02. The molecule has 0 aromatic heterocycles. The first-order chi connectivity index (χ1) is 17.8. The molecule has 0 heterocycles. The maximum absolute atomic E-state index is 8.53. The van der Waals surface area contributed by atoms with E-state index in [1.165, 1.54) is 186 Å².